The molecule has 1 aliphatic rings. The van der Waals surface area contributed by atoms with Crippen molar-refractivity contribution in [1.29, 1.82) is 0 Å². The largest absolute Gasteiger partial charge is 0.492 e. The van der Waals surface area contributed by atoms with E-state index >= 15 is 0 Å². The minimum atomic E-state index is 0.441. The van der Waals surface area contributed by atoms with Gasteiger partial charge in [0.25, 0.3) is 0 Å². The van der Waals surface area contributed by atoms with Gasteiger partial charge in [-0.05, 0) is 49.9 Å². The van der Waals surface area contributed by atoms with Crippen LogP contribution in [0.3, 0.4) is 0 Å². The van der Waals surface area contributed by atoms with Gasteiger partial charge in [0, 0.05) is 13.2 Å². The van der Waals surface area contributed by atoms with E-state index in [-0.39, 0.29) is 0 Å². The predicted molar refractivity (Wildman–Crippen MR) is 82.5 cm³/mol. The van der Waals surface area contributed by atoms with E-state index in [0.717, 1.165) is 38.3 Å². The summed E-state index contributed by atoms with van der Waals surface area (Å²) in [4.78, 5) is 0. The number of halogens is 1. The summed E-state index contributed by atoms with van der Waals surface area (Å²) in [6, 6.07) is 5.99. The van der Waals surface area contributed by atoms with Gasteiger partial charge in [-0.15, -0.1) is 0 Å². The maximum atomic E-state index is 6.24. The Morgan fingerprint density at radius 3 is 3.05 bits per heavy atom. The molecule has 2 rings (SSSR count). The smallest absolute Gasteiger partial charge is 0.137 e. The van der Waals surface area contributed by atoms with Crippen LogP contribution in [0.5, 0.6) is 5.75 Å². The van der Waals surface area contributed by atoms with Crippen molar-refractivity contribution < 1.29 is 9.47 Å². The van der Waals surface area contributed by atoms with Gasteiger partial charge < -0.3 is 14.8 Å². The molecule has 0 saturated carbocycles. The summed E-state index contributed by atoms with van der Waals surface area (Å²) in [5, 5.41) is 3.97. The third-order valence-corrected chi connectivity index (χ3v) is 3.82. The summed E-state index contributed by atoms with van der Waals surface area (Å²) >= 11 is 6.24. The van der Waals surface area contributed by atoms with Gasteiger partial charge in [0.15, 0.2) is 0 Å². The monoisotopic (exact) mass is 297 g/mol. The molecule has 1 saturated heterocycles. The summed E-state index contributed by atoms with van der Waals surface area (Å²) in [6.45, 7) is 5.51. The van der Waals surface area contributed by atoms with Crippen LogP contribution in [0.4, 0.5) is 0 Å². The normalized spacial score (nSPS) is 18.4. The molecule has 3 nitrogen and oxygen atoms in total. The highest BCUT2D eigenvalue weighted by Crippen LogP contribution is 2.26. The van der Waals surface area contributed by atoms with Gasteiger partial charge in [0.1, 0.15) is 5.75 Å². The van der Waals surface area contributed by atoms with Crippen molar-refractivity contribution in [2.75, 3.05) is 19.8 Å². The molecule has 1 aromatic rings. The van der Waals surface area contributed by atoms with Crippen molar-refractivity contribution >= 4 is 11.6 Å². The number of rotatable bonds is 8. The minimum absolute atomic E-state index is 0.441. The average Bonchev–Trinajstić information content (AvgIpc) is 2.96. The second kappa shape index (κ2) is 8.50. The number of benzene rings is 1. The zero-order valence-electron chi connectivity index (χ0n) is 12.2. The molecule has 1 N–H and O–H groups in total. The topological polar surface area (TPSA) is 30.5 Å². The summed E-state index contributed by atoms with van der Waals surface area (Å²) in [6.07, 6.45) is 4.93. The molecule has 112 valence electrons. The first-order valence-corrected chi connectivity index (χ1v) is 7.91. The molecule has 1 aromatic carbocycles. The molecule has 20 heavy (non-hydrogen) atoms. The van der Waals surface area contributed by atoms with E-state index in [9.17, 15) is 0 Å². The Balaban J connectivity index is 1.71. The van der Waals surface area contributed by atoms with Gasteiger partial charge >= 0.3 is 0 Å². The molecule has 1 aliphatic heterocycles. The molecule has 4 heteroatoms. The number of ether oxygens (including phenoxy) is 2. The van der Waals surface area contributed by atoms with Crippen LogP contribution in [0, 0.1) is 0 Å². The molecular formula is C16H24ClNO2. The van der Waals surface area contributed by atoms with E-state index in [4.69, 9.17) is 21.1 Å². The second-order valence-electron chi connectivity index (χ2n) is 5.17. The van der Waals surface area contributed by atoms with E-state index in [0.29, 0.717) is 17.7 Å². The summed E-state index contributed by atoms with van der Waals surface area (Å²) < 4.78 is 11.3. The maximum Gasteiger partial charge on any atom is 0.137 e. The van der Waals surface area contributed by atoms with Gasteiger partial charge in [-0.3, -0.25) is 0 Å². The fraction of sp³-hybridized carbons (Fsp3) is 0.625. The zero-order valence-corrected chi connectivity index (χ0v) is 12.9. The molecule has 1 fully saturated rings. The third kappa shape index (κ3) is 4.97. The Hall–Kier alpha value is -0.770. The van der Waals surface area contributed by atoms with Crippen LogP contribution in [0.2, 0.25) is 5.02 Å². The summed E-state index contributed by atoms with van der Waals surface area (Å²) in [5.74, 6) is 0.777. The minimum Gasteiger partial charge on any atom is -0.492 e. The Morgan fingerprint density at radius 2 is 2.35 bits per heavy atom. The van der Waals surface area contributed by atoms with Crippen molar-refractivity contribution in [3.05, 3.63) is 28.8 Å². The van der Waals surface area contributed by atoms with Gasteiger partial charge in [0.2, 0.25) is 0 Å². The average molecular weight is 298 g/mol. The molecule has 0 aromatic heterocycles. The van der Waals surface area contributed by atoms with Crippen LogP contribution in [-0.2, 0) is 11.3 Å². The van der Waals surface area contributed by atoms with Crippen molar-refractivity contribution in [2.45, 2.75) is 45.3 Å². The molecule has 0 spiro atoms. The fourth-order valence-electron chi connectivity index (χ4n) is 2.41. The van der Waals surface area contributed by atoms with Gasteiger partial charge in [-0.2, -0.15) is 0 Å². The van der Waals surface area contributed by atoms with Crippen molar-refractivity contribution in [1.82, 2.24) is 5.32 Å². The van der Waals surface area contributed by atoms with Crippen LogP contribution in [0.1, 0.15) is 38.2 Å². The Labute approximate surface area is 126 Å². The summed E-state index contributed by atoms with van der Waals surface area (Å²) in [5.41, 5.74) is 1.18. The first-order valence-electron chi connectivity index (χ1n) is 7.53. The molecule has 1 heterocycles. The molecular weight excluding hydrogens is 274 g/mol. The Kier molecular flexibility index (Phi) is 6.64. The lowest BCUT2D eigenvalue weighted by atomic mass is 10.1. The van der Waals surface area contributed by atoms with E-state index in [1.165, 1.54) is 18.4 Å². The Bertz CT molecular complexity index is 405. The van der Waals surface area contributed by atoms with Crippen molar-refractivity contribution in [2.24, 2.45) is 0 Å². The third-order valence-electron chi connectivity index (χ3n) is 3.53. The Morgan fingerprint density at radius 1 is 1.45 bits per heavy atom. The first kappa shape index (κ1) is 15.6. The van der Waals surface area contributed by atoms with E-state index in [2.05, 4.69) is 18.3 Å². The molecule has 1 unspecified atom stereocenters. The molecule has 0 bridgehead atoms. The van der Waals surface area contributed by atoms with Crippen LogP contribution in [-0.4, -0.2) is 25.9 Å². The quantitative estimate of drug-likeness (QED) is 0.741. The van der Waals surface area contributed by atoms with E-state index < -0.39 is 0 Å². The molecule has 0 radical (unpaired) electrons. The van der Waals surface area contributed by atoms with Gasteiger partial charge in [-0.25, -0.2) is 0 Å². The SMILES string of the molecule is CCNCc1ccc(OCCCC2CCCO2)c(Cl)c1. The van der Waals surface area contributed by atoms with Gasteiger partial charge in [0.05, 0.1) is 17.7 Å². The number of hydrogen-bond donors (Lipinski definition) is 1. The fourth-order valence-corrected chi connectivity index (χ4v) is 2.66. The van der Waals surface area contributed by atoms with Gasteiger partial charge in [-0.1, -0.05) is 24.6 Å². The molecule has 1 atom stereocenters. The van der Waals surface area contributed by atoms with Crippen LogP contribution in [0.15, 0.2) is 18.2 Å². The number of hydrogen-bond acceptors (Lipinski definition) is 3. The highest BCUT2D eigenvalue weighted by Gasteiger charge is 2.14. The van der Waals surface area contributed by atoms with Crippen molar-refractivity contribution in [3.63, 3.8) is 0 Å². The van der Waals surface area contributed by atoms with E-state index in [1.54, 1.807) is 0 Å². The lowest BCUT2D eigenvalue weighted by Gasteiger charge is -2.12. The lowest BCUT2D eigenvalue weighted by Crippen LogP contribution is -2.11. The first-order chi connectivity index (χ1) is 9.79. The number of nitrogens with one attached hydrogen (secondary N) is 1. The van der Waals surface area contributed by atoms with Crippen LogP contribution >= 0.6 is 11.6 Å². The highest BCUT2D eigenvalue weighted by molar-refractivity contribution is 6.32. The lowest BCUT2D eigenvalue weighted by molar-refractivity contribution is 0.0981. The van der Waals surface area contributed by atoms with Crippen LogP contribution < -0.4 is 10.1 Å². The van der Waals surface area contributed by atoms with E-state index in [1.807, 2.05) is 12.1 Å². The molecule has 0 aliphatic carbocycles. The predicted octanol–water partition coefficient (Wildman–Crippen LogP) is 3.79. The summed E-state index contributed by atoms with van der Waals surface area (Å²) in [7, 11) is 0. The second-order valence-corrected chi connectivity index (χ2v) is 5.58. The van der Waals surface area contributed by atoms with Crippen molar-refractivity contribution in [3.8, 4) is 5.75 Å². The standard InChI is InChI=1S/C16H24ClNO2/c1-2-18-12-13-7-8-16(15(17)11-13)20-10-4-6-14-5-3-9-19-14/h7-8,11,14,18H,2-6,9-10,12H2,1H3. The highest BCUT2D eigenvalue weighted by atomic mass is 35.5. The maximum absolute atomic E-state index is 6.24. The van der Waals surface area contributed by atoms with Crippen LogP contribution in [0.25, 0.3) is 0 Å². The zero-order chi connectivity index (χ0) is 14.2. The molecule has 0 amide bonds.